The number of amides is 1. The Hall–Kier alpha value is -2.81. The quantitative estimate of drug-likeness (QED) is 0.433. The normalized spacial score (nSPS) is 14.6. The number of halogens is 2. The Morgan fingerprint density at radius 2 is 1.81 bits per heavy atom. The van der Waals surface area contributed by atoms with E-state index in [1.165, 1.54) is 4.90 Å². The molecular formula is C20H14Cl2N2O3. The predicted octanol–water partition coefficient (Wildman–Crippen LogP) is 4.38. The molecule has 0 fully saturated rings. The molecule has 136 valence electrons. The molecule has 1 heterocycles. The van der Waals surface area contributed by atoms with Gasteiger partial charge in [-0.2, -0.15) is 5.26 Å². The minimum atomic E-state index is -0.823. The van der Waals surface area contributed by atoms with Crippen molar-refractivity contribution in [2.45, 2.75) is 13.5 Å². The lowest BCUT2D eigenvalue weighted by Crippen LogP contribution is -2.27. The molecule has 0 bridgehead atoms. The van der Waals surface area contributed by atoms with Crippen LogP contribution in [-0.2, 0) is 20.9 Å². The van der Waals surface area contributed by atoms with Crippen molar-refractivity contribution in [3.05, 3.63) is 69.2 Å². The molecule has 0 radical (unpaired) electrons. The highest BCUT2D eigenvalue weighted by atomic mass is 35.5. The van der Waals surface area contributed by atoms with Gasteiger partial charge in [0, 0.05) is 21.2 Å². The van der Waals surface area contributed by atoms with E-state index in [0.29, 0.717) is 26.9 Å². The third kappa shape index (κ3) is 3.42. The number of hydrogen-bond donors (Lipinski definition) is 0. The number of benzene rings is 2. The molecule has 0 aromatic heterocycles. The minimum Gasteiger partial charge on any atom is -0.462 e. The molecule has 0 aliphatic carbocycles. The molecule has 0 saturated carbocycles. The molecule has 0 atom stereocenters. The van der Waals surface area contributed by atoms with Gasteiger partial charge in [-0.05, 0) is 25.1 Å². The first-order chi connectivity index (χ1) is 13.0. The fourth-order valence-corrected chi connectivity index (χ4v) is 3.44. The van der Waals surface area contributed by atoms with Gasteiger partial charge in [-0.3, -0.25) is 4.79 Å². The number of hydrogen-bond acceptors (Lipinski definition) is 4. The summed E-state index contributed by atoms with van der Waals surface area (Å²) < 4.78 is 4.93. The smallest absolute Gasteiger partial charge is 0.349 e. The van der Waals surface area contributed by atoms with Crippen LogP contribution in [0.2, 0.25) is 10.0 Å². The largest absolute Gasteiger partial charge is 0.462 e. The molecule has 2 aromatic carbocycles. The van der Waals surface area contributed by atoms with E-state index in [1.807, 2.05) is 6.07 Å². The molecule has 0 saturated heterocycles. The summed E-state index contributed by atoms with van der Waals surface area (Å²) in [5, 5.41) is 10.3. The molecule has 1 amide bonds. The van der Waals surface area contributed by atoms with Gasteiger partial charge in [-0.15, -0.1) is 0 Å². The van der Waals surface area contributed by atoms with Crippen molar-refractivity contribution in [2.24, 2.45) is 0 Å². The minimum absolute atomic E-state index is 0.0229. The van der Waals surface area contributed by atoms with Crippen LogP contribution in [0.4, 0.5) is 5.69 Å². The summed E-state index contributed by atoms with van der Waals surface area (Å²) in [6, 6.07) is 13.8. The topological polar surface area (TPSA) is 70.4 Å². The van der Waals surface area contributed by atoms with E-state index >= 15 is 0 Å². The van der Waals surface area contributed by atoms with Crippen molar-refractivity contribution in [1.29, 1.82) is 5.26 Å². The van der Waals surface area contributed by atoms with E-state index in [2.05, 4.69) is 0 Å². The maximum absolute atomic E-state index is 13.1. The molecule has 3 rings (SSSR count). The first-order valence-corrected chi connectivity index (χ1v) is 8.90. The number of carbonyl (C=O) groups is 2. The van der Waals surface area contributed by atoms with Gasteiger partial charge in [0.2, 0.25) is 0 Å². The second kappa shape index (κ2) is 7.83. The lowest BCUT2D eigenvalue weighted by molar-refractivity contribution is -0.138. The van der Waals surface area contributed by atoms with Gasteiger partial charge >= 0.3 is 5.97 Å². The highest BCUT2D eigenvalue weighted by molar-refractivity contribution is 6.38. The van der Waals surface area contributed by atoms with Crippen LogP contribution in [0.1, 0.15) is 18.1 Å². The van der Waals surface area contributed by atoms with Crippen LogP contribution in [-0.4, -0.2) is 18.5 Å². The van der Waals surface area contributed by atoms with Gasteiger partial charge in [-0.1, -0.05) is 47.5 Å². The number of fused-ring (bicyclic) bond motifs is 1. The van der Waals surface area contributed by atoms with Gasteiger partial charge in [0.25, 0.3) is 5.91 Å². The zero-order chi connectivity index (χ0) is 19.6. The van der Waals surface area contributed by atoms with Crippen LogP contribution >= 0.6 is 23.2 Å². The summed E-state index contributed by atoms with van der Waals surface area (Å²) in [6.45, 7) is 1.85. The third-order valence-corrected chi connectivity index (χ3v) is 4.85. The van der Waals surface area contributed by atoms with E-state index in [1.54, 1.807) is 49.4 Å². The Morgan fingerprint density at radius 3 is 2.44 bits per heavy atom. The van der Waals surface area contributed by atoms with Crippen molar-refractivity contribution in [1.82, 2.24) is 0 Å². The first-order valence-electron chi connectivity index (χ1n) is 8.15. The molecule has 0 N–H and O–H groups in total. The maximum atomic E-state index is 13.1. The molecule has 1 aliphatic heterocycles. The Labute approximate surface area is 166 Å². The number of para-hydroxylation sites is 1. The average Bonchev–Trinajstić information content (AvgIpc) is 2.92. The molecule has 1 aliphatic rings. The Kier molecular flexibility index (Phi) is 5.50. The van der Waals surface area contributed by atoms with Gasteiger partial charge in [0.1, 0.15) is 6.07 Å². The van der Waals surface area contributed by atoms with Crippen LogP contribution in [0.5, 0.6) is 0 Å². The lowest BCUT2D eigenvalue weighted by Gasteiger charge is -2.19. The monoisotopic (exact) mass is 400 g/mol. The lowest BCUT2D eigenvalue weighted by atomic mass is 10.0. The Morgan fingerprint density at radius 1 is 1.15 bits per heavy atom. The molecule has 7 heteroatoms. The van der Waals surface area contributed by atoms with E-state index in [-0.39, 0.29) is 24.3 Å². The Balaban J connectivity index is 2.13. The highest BCUT2D eigenvalue weighted by Gasteiger charge is 2.37. The zero-order valence-corrected chi connectivity index (χ0v) is 15.8. The molecule has 5 nitrogen and oxygen atoms in total. The maximum Gasteiger partial charge on any atom is 0.349 e. The van der Waals surface area contributed by atoms with Gasteiger partial charge < -0.3 is 9.64 Å². The average molecular weight is 401 g/mol. The zero-order valence-electron chi connectivity index (χ0n) is 14.3. The number of esters is 1. The van der Waals surface area contributed by atoms with Crippen LogP contribution in [0, 0.1) is 11.3 Å². The highest BCUT2D eigenvalue weighted by Crippen LogP contribution is 2.40. The fourth-order valence-electron chi connectivity index (χ4n) is 2.93. The number of anilines is 1. The first kappa shape index (κ1) is 19.0. The standard InChI is InChI=1S/C20H14Cl2N2O3/c1-2-27-20(26)13(10-23)18-12-6-3-4-9-17(12)24(19(18)25)11-14-15(21)7-5-8-16(14)22/h3-9H,2,11H2,1H3/b18-13+. The molecular weight excluding hydrogens is 387 g/mol. The summed E-state index contributed by atoms with van der Waals surface area (Å²) in [5.41, 5.74) is 1.36. The van der Waals surface area contributed by atoms with Crippen molar-refractivity contribution in [3.8, 4) is 6.07 Å². The summed E-state index contributed by atoms with van der Waals surface area (Å²) >= 11 is 12.5. The van der Waals surface area contributed by atoms with Crippen molar-refractivity contribution in [3.63, 3.8) is 0 Å². The van der Waals surface area contributed by atoms with Crippen molar-refractivity contribution in [2.75, 3.05) is 11.5 Å². The van der Waals surface area contributed by atoms with Crippen LogP contribution in [0.15, 0.2) is 48.0 Å². The van der Waals surface area contributed by atoms with Crippen molar-refractivity contribution >= 4 is 46.3 Å². The van der Waals surface area contributed by atoms with Gasteiger partial charge in [0.05, 0.1) is 24.4 Å². The van der Waals surface area contributed by atoms with E-state index in [4.69, 9.17) is 27.9 Å². The molecule has 2 aromatic rings. The molecule has 0 spiro atoms. The van der Waals surface area contributed by atoms with Crippen LogP contribution in [0.25, 0.3) is 5.57 Å². The van der Waals surface area contributed by atoms with Crippen molar-refractivity contribution < 1.29 is 14.3 Å². The summed E-state index contributed by atoms with van der Waals surface area (Å²) in [5.74, 6) is -1.30. The number of rotatable bonds is 4. The summed E-state index contributed by atoms with van der Waals surface area (Å²) in [6.07, 6.45) is 0. The summed E-state index contributed by atoms with van der Waals surface area (Å²) in [7, 11) is 0. The van der Waals surface area contributed by atoms with Crippen LogP contribution in [0.3, 0.4) is 0 Å². The second-order valence-electron chi connectivity index (χ2n) is 5.69. The summed E-state index contributed by atoms with van der Waals surface area (Å²) in [4.78, 5) is 26.7. The van der Waals surface area contributed by atoms with E-state index in [0.717, 1.165) is 0 Å². The van der Waals surface area contributed by atoms with E-state index in [9.17, 15) is 14.9 Å². The number of nitriles is 1. The van der Waals surface area contributed by atoms with Crippen LogP contribution < -0.4 is 4.90 Å². The van der Waals surface area contributed by atoms with Gasteiger partial charge in [0.15, 0.2) is 5.57 Å². The van der Waals surface area contributed by atoms with E-state index < -0.39 is 11.9 Å². The second-order valence-corrected chi connectivity index (χ2v) is 6.51. The fraction of sp³-hybridized carbons (Fsp3) is 0.150. The Bertz CT molecular complexity index is 988. The SMILES string of the molecule is CCOC(=O)/C(C#N)=C1/C(=O)N(Cc2c(Cl)cccc2Cl)c2ccccc21. The molecule has 0 unspecified atom stereocenters. The van der Waals surface area contributed by atoms with Gasteiger partial charge in [-0.25, -0.2) is 4.79 Å². The number of carbonyl (C=O) groups excluding carboxylic acids is 2. The number of nitrogens with zero attached hydrogens (tertiary/aromatic N) is 2. The predicted molar refractivity (Wildman–Crippen MR) is 103 cm³/mol. The number of ether oxygens (including phenoxy) is 1. The molecule has 27 heavy (non-hydrogen) atoms. The third-order valence-electron chi connectivity index (χ3n) is 4.14.